The van der Waals surface area contributed by atoms with E-state index in [4.69, 9.17) is 0 Å². The lowest BCUT2D eigenvalue weighted by Gasteiger charge is -2.32. The lowest BCUT2D eigenvalue weighted by molar-refractivity contribution is 0.414. The summed E-state index contributed by atoms with van der Waals surface area (Å²) in [5, 5.41) is 17.8. The van der Waals surface area contributed by atoms with Gasteiger partial charge in [-0.3, -0.25) is 0 Å². The molecule has 0 radical (unpaired) electrons. The van der Waals surface area contributed by atoms with Gasteiger partial charge < -0.3 is 10.4 Å². The van der Waals surface area contributed by atoms with Crippen LogP contribution >= 0.6 is 0 Å². The molecule has 5 nitrogen and oxygen atoms in total. The Bertz CT molecular complexity index is 784. The summed E-state index contributed by atoms with van der Waals surface area (Å²) in [5.41, 5.74) is 2.08. The molecule has 22 heavy (non-hydrogen) atoms. The molecule has 0 fully saturated rings. The number of anilines is 1. The Kier molecular flexibility index (Phi) is 3.04. The number of nitrogens with zero attached hydrogens (tertiary/aromatic N) is 3. The van der Waals surface area contributed by atoms with Crippen molar-refractivity contribution in [1.29, 1.82) is 0 Å². The fraction of sp³-hybridized carbons (Fsp3) is 0.176. The number of aromatic hydroxyl groups is 1. The van der Waals surface area contributed by atoms with Gasteiger partial charge in [-0.25, -0.2) is 4.68 Å². The minimum atomic E-state index is 0.00288. The first kappa shape index (κ1) is 12.9. The van der Waals surface area contributed by atoms with Crippen molar-refractivity contribution in [2.75, 3.05) is 5.32 Å². The number of nitrogens with one attached hydrogen (secondary N) is 1. The Morgan fingerprint density at radius 1 is 1.05 bits per heavy atom. The molecule has 4 rings (SSSR count). The Hall–Kier alpha value is -2.82. The van der Waals surface area contributed by atoms with Crippen molar-refractivity contribution in [2.24, 2.45) is 0 Å². The van der Waals surface area contributed by atoms with Gasteiger partial charge in [-0.05, 0) is 18.1 Å². The quantitative estimate of drug-likeness (QED) is 0.761. The molecular formula is C17H16N4O. The summed E-state index contributed by atoms with van der Waals surface area (Å²) in [7, 11) is 0. The molecular weight excluding hydrogens is 276 g/mol. The van der Waals surface area contributed by atoms with Crippen LogP contribution in [0.4, 0.5) is 5.95 Å². The third-order valence-electron chi connectivity index (χ3n) is 4.13. The molecule has 0 amide bonds. The minimum absolute atomic E-state index is 0.00288. The number of phenolic OH excluding ortho intramolecular Hbond substituents is 1. The van der Waals surface area contributed by atoms with E-state index in [0.29, 0.717) is 5.75 Å². The zero-order valence-corrected chi connectivity index (χ0v) is 11.9. The highest BCUT2D eigenvalue weighted by Gasteiger charge is 2.30. The maximum absolute atomic E-state index is 10.1. The van der Waals surface area contributed by atoms with Crippen molar-refractivity contribution in [2.45, 2.75) is 18.5 Å². The lowest BCUT2D eigenvalue weighted by atomic mass is 9.93. The standard InChI is InChI=1S/C17H16N4O/c22-16-9-5-4-8-13(16)14-10-15(12-6-2-1-3-7-12)21-17(20-14)18-11-19-21/h1-9,11,14-15,22H,10H2,(H,18,19,20)/t14-,15-/m1/s1. The van der Waals surface area contributed by atoms with Gasteiger partial charge in [0.15, 0.2) is 0 Å². The number of rotatable bonds is 2. The summed E-state index contributed by atoms with van der Waals surface area (Å²) in [4.78, 5) is 4.30. The predicted octanol–water partition coefficient (Wildman–Crippen LogP) is 3.13. The van der Waals surface area contributed by atoms with Crippen LogP contribution in [0.2, 0.25) is 0 Å². The van der Waals surface area contributed by atoms with Gasteiger partial charge in [-0.2, -0.15) is 10.1 Å². The van der Waals surface area contributed by atoms with E-state index in [0.717, 1.165) is 17.9 Å². The van der Waals surface area contributed by atoms with Crippen LogP contribution < -0.4 is 5.32 Å². The highest BCUT2D eigenvalue weighted by molar-refractivity contribution is 5.43. The third kappa shape index (κ3) is 2.11. The van der Waals surface area contributed by atoms with Crippen molar-refractivity contribution < 1.29 is 5.11 Å². The summed E-state index contributed by atoms with van der Waals surface area (Å²) in [6.07, 6.45) is 2.36. The fourth-order valence-electron chi connectivity index (χ4n) is 3.06. The second-order valence-electron chi connectivity index (χ2n) is 5.45. The van der Waals surface area contributed by atoms with E-state index in [1.54, 1.807) is 12.4 Å². The molecule has 1 aliphatic heterocycles. The van der Waals surface area contributed by atoms with E-state index in [1.165, 1.54) is 5.56 Å². The van der Waals surface area contributed by atoms with Crippen molar-refractivity contribution >= 4 is 5.95 Å². The molecule has 2 heterocycles. The molecule has 1 aliphatic rings. The summed E-state index contributed by atoms with van der Waals surface area (Å²) < 4.78 is 1.91. The SMILES string of the molecule is Oc1ccccc1[C@H]1C[C@H](c2ccccc2)n2ncnc2N1. The van der Waals surface area contributed by atoms with E-state index in [9.17, 15) is 5.11 Å². The molecule has 1 aromatic heterocycles. The zero-order chi connectivity index (χ0) is 14.9. The summed E-state index contributed by atoms with van der Waals surface area (Å²) in [6.45, 7) is 0. The number of hydrogen-bond acceptors (Lipinski definition) is 4. The molecule has 2 N–H and O–H groups in total. The van der Waals surface area contributed by atoms with Crippen molar-refractivity contribution in [3.05, 3.63) is 72.1 Å². The Balaban J connectivity index is 1.76. The molecule has 2 aromatic carbocycles. The van der Waals surface area contributed by atoms with E-state index in [2.05, 4.69) is 27.5 Å². The second-order valence-corrected chi connectivity index (χ2v) is 5.45. The van der Waals surface area contributed by atoms with Gasteiger partial charge in [-0.15, -0.1) is 0 Å². The molecule has 3 aromatic rings. The third-order valence-corrected chi connectivity index (χ3v) is 4.13. The summed E-state index contributed by atoms with van der Waals surface area (Å²) >= 11 is 0. The van der Waals surface area contributed by atoms with Crippen LogP contribution in [0.3, 0.4) is 0 Å². The Morgan fingerprint density at radius 2 is 1.82 bits per heavy atom. The summed E-state index contributed by atoms with van der Waals surface area (Å²) in [6, 6.07) is 17.8. The maximum atomic E-state index is 10.1. The van der Waals surface area contributed by atoms with E-state index in [1.807, 2.05) is 41.1 Å². The van der Waals surface area contributed by atoms with Gasteiger partial charge >= 0.3 is 0 Å². The van der Waals surface area contributed by atoms with Gasteiger partial charge in [0.25, 0.3) is 0 Å². The number of phenols is 1. The monoisotopic (exact) mass is 292 g/mol. The number of para-hydroxylation sites is 1. The molecule has 2 atom stereocenters. The van der Waals surface area contributed by atoms with Crippen LogP contribution in [0, 0.1) is 0 Å². The Labute approximate surface area is 128 Å². The van der Waals surface area contributed by atoms with Crippen LogP contribution in [0.25, 0.3) is 0 Å². The normalized spacial score (nSPS) is 20.2. The topological polar surface area (TPSA) is 63.0 Å². The van der Waals surface area contributed by atoms with Crippen molar-refractivity contribution in [3.8, 4) is 5.75 Å². The molecule has 5 heteroatoms. The number of aromatic nitrogens is 3. The first-order valence-electron chi connectivity index (χ1n) is 7.32. The molecule has 110 valence electrons. The van der Waals surface area contributed by atoms with Gasteiger partial charge in [0.2, 0.25) is 5.95 Å². The van der Waals surface area contributed by atoms with Gasteiger partial charge in [0.1, 0.15) is 12.1 Å². The van der Waals surface area contributed by atoms with Crippen molar-refractivity contribution in [3.63, 3.8) is 0 Å². The number of hydrogen-bond donors (Lipinski definition) is 2. The predicted molar refractivity (Wildman–Crippen MR) is 83.7 cm³/mol. The van der Waals surface area contributed by atoms with E-state index >= 15 is 0 Å². The molecule has 0 unspecified atom stereocenters. The van der Waals surface area contributed by atoms with Gasteiger partial charge in [0.05, 0.1) is 12.1 Å². The molecule has 0 saturated heterocycles. The number of fused-ring (bicyclic) bond motifs is 1. The molecule has 0 bridgehead atoms. The lowest BCUT2D eigenvalue weighted by Crippen LogP contribution is -2.28. The first-order valence-corrected chi connectivity index (χ1v) is 7.32. The smallest absolute Gasteiger partial charge is 0.222 e. The zero-order valence-electron chi connectivity index (χ0n) is 11.9. The van der Waals surface area contributed by atoms with Crippen LogP contribution in [-0.2, 0) is 0 Å². The molecule has 0 saturated carbocycles. The van der Waals surface area contributed by atoms with Gasteiger partial charge in [0, 0.05) is 5.56 Å². The second kappa shape index (κ2) is 5.18. The molecule has 0 spiro atoms. The molecule has 0 aliphatic carbocycles. The highest BCUT2D eigenvalue weighted by atomic mass is 16.3. The average Bonchev–Trinajstić information content (AvgIpc) is 3.03. The van der Waals surface area contributed by atoms with Gasteiger partial charge in [-0.1, -0.05) is 48.5 Å². The highest BCUT2D eigenvalue weighted by Crippen LogP contribution is 2.39. The number of benzene rings is 2. The minimum Gasteiger partial charge on any atom is -0.508 e. The van der Waals surface area contributed by atoms with Crippen molar-refractivity contribution in [1.82, 2.24) is 14.8 Å². The largest absolute Gasteiger partial charge is 0.508 e. The van der Waals surface area contributed by atoms with Crippen LogP contribution in [-0.4, -0.2) is 19.9 Å². The first-order chi connectivity index (χ1) is 10.8. The van der Waals surface area contributed by atoms with Crippen LogP contribution in [0.1, 0.15) is 29.6 Å². The van der Waals surface area contributed by atoms with Crippen LogP contribution in [0.15, 0.2) is 60.9 Å². The average molecular weight is 292 g/mol. The van der Waals surface area contributed by atoms with E-state index < -0.39 is 0 Å². The fourth-order valence-corrected chi connectivity index (χ4v) is 3.06. The Morgan fingerprint density at radius 3 is 2.64 bits per heavy atom. The van der Waals surface area contributed by atoms with Crippen LogP contribution in [0.5, 0.6) is 5.75 Å². The summed E-state index contributed by atoms with van der Waals surface area (Å²) in [5.74, 6) is 1.04. The maximum Gasteiger partial charge on any atom is 0.222 e. The van der Waals surface area contributed by atoms with E-state index in [-0.39, 0.29) is 12.1 Å².